The Bertz CT molecular complexity index is 865. The fourth-order valence-corrected chi connectivity index (χ4v) is 3.97. The minimum absolute atomic E-state index is 0.226. The van der Waals surface area contributed by atoms with Gasteiger partial charge in [0.15, 0.2) is 11.6 Å². The molecule has 0 unspecified atom stereocenters. The van der Waals surface area contributed by atoms with Crippen molar-refractivity contribution in [2.24, 2.45) is 5.92 Å². The van der Waals surface area contributed by atoms with Crippen molar-refractivity contribution in [3.05, 3.63) is 29.6 Å². The number of methoxy groups -OCH3 is 1. The van der Waals surface area contributed by atoms with E-state index < -0.39 is 0 Å². The van der Waals surface area contributed by atoms with Crippen molar-refractivity contribution in [2.45, 2.75) is 32.1 Å². The number of likely N-dealkylation sites (N-methyl/N-ethyl adjacent to an activating group) is 1. The van der Waals surface area contributed by atoms with E-state index >= 15 is 0 Å². The number of ether oxygens (including phenoxy) is 2. The highest BCUT2D eigenvalue weighted by atomic mass is 16.5. The Morgan fingerprint density at radius 2 is 2.25 bits per heavy atom. The molecule has 7 heteroatoms. The first-order chi connectivity index (χ1) is 13.6. The van der Waals surface area contributed by atoms with Gasteiger partial charge in [0.05, 0.1) is 13.7 Å². The van der Waals surface area contributed by atoms with Crippen LogP contribution in [-0.4, -0.2) is 54.7 Å². The van der Waals surface area contributed by atoms with Gasteiger partial charge in [0.2, 0.25) is 0 Å². The van der Waals surface area contributed by atoms with Gasteiger partial charge in [-0.3, -0.25) is 9.78 Å². The topological polar surface area (TPSA) is 77.4 Å². The van der Waals surface area contributed by atoms with Gasteiger partial charge >= 0.3 is 0 Å². The number of rotatable bonds is 7. The second-order valence-corrected chi connectivity index (χ2v) is 7.56. The van der Waals surface area contributed by atoms with Crippen LogP contribution in [0.3, 0.4) is 0 Å². The molecule has 0 saturated carbocycles. The van der Waals surface area contributed by atoms with Crippen LogP contribution >= 0.6 is 0 Å². The van der Waals surface area contributed by atoms with Gasteiger partial charge in [0.1, 0.15) is 17.3 Å². The van der Waals surface area contributed by atoms with Crippen LogP contribution in [0.15, 0.2) is 18.3 Å². The summed E-state index contributed by atoms with van der Waals surface area (Å²) in [4.78, 5) is 28.5. The zero-order valence-electron chi connectivity index (χ0n) is 16.5. The lowest BCUT2D eigenvalue weighted by atomic mass is 10.0. The molecule has 1 atom stereocenters. The zero-order valence-corrected chi connectivity index (χ0v) is 16.5. The minimum atomic E-state index is 0.226. The minimum Gasteiger partial charge on any atom is -0.497 e. The number of fused-ring (bicyclic) bond motifs is 1. The second-order valence-electron chi connectivity index (χ2n) is 7.56. The number of anilines is 1. The van der Waals surface area contributed by atoms with Gasteiger partial charge in [0.25, 0.3) is 0 Å². The second kappa shape index (κ2) is 8.22. The van der Waals surface area contributed by atoms with E-state index in [4.69, 9.17) is 19.4 Å². The third-order valence-electron chi connectivity index (χ3n) is 5.42. The van der Waals surface area contributed by atoms with Crippen molar-refractivity contribution >= 4 is 11.6 Å². The summed E-state index contributed by atoms with van der Waals surface area (Å²) in [6.45, 7) is 1.82. The average molecular weight is 382 g/mol. The van der Waals surface area contributed by atoms with Crippen LogP contribution in [-0.2, 0) is 22.4 Å². The van der Waals surface area contributed by atoms with Gasteiger partial charge in [-0.05, 0) is 37.7 Å². The number of nitrogens with zero attached hydrogens (tertiary/aromatic N) is 4. The third-order valence-corrected chi connectivity index (χ3v) is 5.42. The summed E-state index contributed by atoms with van der Waals surface area (Å²) in [6, 6.07) is 3.64. The fraction of sp³-hybridized carbons (Fsp3) is 0.524. The maximum Gasteiger partial charge on any atom is 0.180 e. The lowest BCUT2D eigenvalue weighted by molar-refractivity contribution is -0.118. The van der Waals surface area contributed by atoms with Gasteiger partial charge in [-0.25, -0.2) is 9.97 Å². The van der Waals surface area contributed by atoms with Crippen LogP contribution in [0.2, 0.25) is 0 Å². The molecule has 1 aliphatic carbocycles. The first-order valence-corrected chi connectivity index (χ1v) is 9.85. The molecule has 0 aromatic carbocycles. The van der Waals surface area contributed by atoms with E-state index in [0.717, 1.165) is 55.1 Å². The maximum atomic E-state index is 12.6. The number of pyridine rings is 1. The molecule has 2 aromatic heterocycles. The first kappa shape index (κ1) is 18.8. The van der Waals surface area contributed by atoms with E-state index in [-0.39, 0.29) is 5.78 Å². The number of hydrogen-bond donors (Lipinski definition) is 0. The molecule has 7 nitrogen and oxygen atoms in total. The van der Waals surface area contributed by atoms with Crippen LogP contribution < -0.4 is 9.64 Å². The molecule has 2 aliphatic rings. The maximum absolute atomic E-state index is 12.6. The van der Waals surface area contributed by atoms with Crippen molar-refractivity contribution < 1.29 is 14.3 Å². The molecular formula is C21H26N4O3. The summed E-state index contributed by atoms with van der Waals surface area (Å²) in [5.41, 5.74) is 2.90. The predicted molar refractivity (Wildman–Crippen MR) is 106 cm³/mol. The molecular weight excluding hydrogens is 356 g/mol. The highest BCUT2D eigenvalue weighted by molar-refractivity contribution is 5.83. The summed E-state index contributed by atoms with van der Waals surface area (Å²) >= 11 is 0. The van der Waals surface area contributed by atoms with Gasteiger partial charge < -0.3 is 14.4 Å². The zero-order chi connectivity index (χ0) is 19.5. The Kier molecular flexibility index (Phi) is 5.52. The number of carbonyl (C=O) groups excluding carboxylic acids is 1. The number of aromatic nitrogens is 3. The highest BCUT2D eigenvalue weighted by Crippen LogP contribution is 2.31. The Morgan fingerprint density at radius 3 is 3.04 bits per heavy atom. The van der Waals surface area contributed by atoms with Crippen molar-refractivity contribution in [2.75, 3.05) is 38.8 Å². The largest absolute Gasteiger partial charge is 0.497 e. The Morgan fingerprint density at radius 1 is 1.36 bits per heavy atom. The normalized spacial score (nSPS) is 18.1. The Balaban J connectivity index is 1.58. The standard InChI is InChI=1S/C21H26N4O3/c1-25(12-15(26)10-14-7-9-28-13-14)21-17-4-3-5-18(17)23-20(24-21)19-11-16(27-2)6-8-22-19/h6,8,11,14H,3-5,7,9-10,12-13H2,1-2H3/t14-/m0/s1. The van der Waals surface area contributed by atoms with E-state index in [9.17, 15) is 4.79 Å². The van der Waals surface area contributed by atoms with E-state index in [0.29, 0.717) is 37.0 Å². The van der Waals surface area contributed by atoms with Crippen LogP contribution in [0.5, 0.6) is 5.75 Å². The summed E-state index contributed by atoms with van der Waals surface area (Å²) in [6.07, 6.45) is 6.19. The molecule has 3 heterocycles. The van der Waals surface area contributed by atoms with Crippen molar-refractivity contribution in [1.29, 1.82) is 0 Å². The quantitative estimate of drug-likeness (QED) is 0.728. The Hall–Kier alpha value is -2.54. The summed E-state index contributed by atoms with van der Waals surface area (Å²) in [5.74, 6) is 2.73. The van der Waals surface area contributed by atoms with Crippen LogP contribution in [0.1, 0.15) is 30.5 Å². The van der Waals surface area contributed by atoms with Crippen LogP contribution in [0.4, 0.5) is 5.82 Å². The van der Waals surface area contributed by atoms with E-state index in [1.54, 1.807) is 19.4 Å². The van der Waals surface area contributed by atoms with Gasteiger partial charge in [-0.2, -0.15) is 0 Å². The predicted octanol–water partition coefficient (Wildman–Crippen LogP) is 2.47. The molecule has 1 fully saturated rings. The average Bonchev–Trinajstić information content (AvgIpc) is 3.38. The number of hydrogen-bond acceptors (Lipinski definition) is 7. The number of aryl methyl sites for hydroxylation is 1. The third kappa shape index (κ3) is 3.99. The first-order valence-electron chi connectivity index (χ1n) is 9.85. The summed E-state index contributed by atoms with van der Waals surface area (Å²) in [5, 5.41) is 0. The SMILES string of the molecule is COc1ccnc(-c2nc3c(c(N(C)CC(=O)C[C@@H]4CCOC4)n2)CCC3)c1. The molecule has 2 aromatic rings. The number of carbonyl (C=O) groups is 1. The summed E-state index contributed by atoms with van der Waals surface area (Å²) in [7, 11) is 3.57. The molecule has 0 bridgehead atoms. The van der Waals surface area contributed by atoms with Crippen LogP contribution in [0, 0.1) is 5.92 Å². The molecule has 0 N–H and O–H groups in total. The van der Waals surface area contributed by atoms with Gasteiger partial charge in [-0.1, -0.05) is 0 Å². The van der Waals surface area contributed by atoms with Crippen molar-refractivity contribution in [3.63, 3.8) is 0 Å². The molecule has 28 heavy (non-hydrogen) atoms. The number of ketones is 1. The van der Waals surface area contributed by atoms with E-state index in [1.807, 2.05) is 18.0 Å². The molecule has 4 rings (SSSR count). The molecule has 148 valence electrons. The van der Waals surface area contributed by atoms with Gasteiger partial charge in [0, 0.05) is 50.2 Å². The number of Topliss-reactive ketones (excluding diaryl/α,β-unsaturated/α-hetero) is 1. The van der Waals surface area contributed by atoms with Gasteiger partial charge in [-0.15, -0.1) is 0 Å². The molecule has 0 radical (unpaired) electrons. The van der Waals surface area contributed by atoms with E-state index in [2.05, 4.69) is 4.98 Å². The lowest BCUT2D eigenvalue weighted by Gasteiger charge is -2.21. The fourth-order valence-electron chi connectivity index (χ4n) is 3.97. The molecule has 0 amide bonds. The Labute approximate surface area is 165 Å². The van der Waals surface area contributed by atoms with E-state index in [1.165, 1.54) is 0 Å². The van der Waals surface area contributed by atoms with Crippen LogP contribution in [0.25, 0.3) is 11.5 Å². The highest BCUT2D eigenvalue weighted by Gasteiger charge is 2.25. The molecule has 1 aliphatic heterocycles. The van der Waals surface area contributed by atoms with Crippen molar-refractivity contribution in [1.82, 2.24) is 15.0 Å². The summed E-state index contributed by atoms with van der Waals surface area (Å²) < 4.78 is 10.7. The lowest BCUT2D eigenvalue weighted by Crippen LogP contribution is -2.29. The van der Waals surface area contributed by atoms with Crippen molar-refractivity contribution in [3.8, 4) is 17.3 Å². The smallest absolute Gasteiger partial charge is 0.180 e. The molecule has 1 saturated heterocycles. The monoisotopic (exact) mass is 382 g/mol. The molecule has 0 spiro atoms.